The normalized spacial score (nSPS) is 14.8. The van der Waals surface area contributed by atoms with Crippen LogP contribution in [0, 0.1) is 0 Å². The first-order valence-electron chi connectivity index (χ1n) is 14.7. The fourth-order valence-electron chi connectivity index (χ4n) is 5.54. The molecule has 5 rings (SSSR count). The van der Waals surface area contributed by atoms with Crippen LogP contribution in [0.5, 0.6) is 0 Å². The number of halogens is 2. The Hall–Kier alpha value is -3.59. The van der Waals surface area contributed by atoms with Crippen molar-refractivity contribution in [3.8, 4) is 0 Å². The third-order valence-corrected chi connectivity index (χ3v) is 10.5. The minimum Gasteiger partial charge on any atom is -0.352 e. The molecule has 230 valence electrons. The molecule has 0 saturated carbocycles. The number of hydrogen-bond donors (Lipinski definition) is 1. The molecule has 4 aromatic rings. The summed E-state index contributed by atoms with van der Waals surface area (Å²) < 4.78 is 28.3. The number of carbonyl (C=O) groups is 2. The Morgan fingerprint density at radius 3 is 2.39 bits per heavy atom. The van der Waals surface area contributed by atoms with Crippen LogP contribution in [0.4, 0.5) is 5.69 Å². The molecule has 1 aliphatic rings. The minimum atomic E-state index is -3.75. The Morgan fingerprint density at radius 1 is 0.955 bits per heavy atom. The summed E-state index contributed by atoms with van der Waals surface area (Å²) in [6, 6.07) is 24.5. The molecule has 0 bridgehead atoms. The molecule has 0 aliphatic carbocycles. The van der Waals surface area contributed by atoms with E-state index in [1.807, 2.05) is 62.4 Å². The van der Waals surface area contributed by atoms with Gasteiger partial charge in [-0.1, -0.05) is 90.8 Å². The number of hydrogen-bond acceptors (Lipinski definition) is 4. The van der Waals surface area contributed by atoms with Gasteiger partial charge in [0.2, 0.25) is 11.8 Å². The number of carbonyl (C=O) groups excluding carboxylic acids is 2. The highest BCUT2D eigenvalue weighted by molar-refractivity contribution is 7.93. The van der Waals surface area contributed by atoms with Gasteiger partial charge in [0.05, 0.1) is 10.6 Å². The maximum absolute atomic E-state index is 14.1. The lowest BCUT2D eigenvalue weighted by Crippen LogP contribution is -2.52. The van der Waals surface area contributed by atoms with Crippen LogP contribution >= 0.6 is 23.2 Å². The van der Waals surface area contributed by atoms with Crippen molar-refractivity contribution in [2.75, 3.05) is 10.8 Å². The van der Waals surface area contributed by atoms with Crippen molar-refractivity contribution in [3.63, 3.8) is 0 Å². The summed E-state index contributed by atoms with van der Waals surface area (Å²) in [4.78, 5) is 29.7. The smallest absolute Gasteiger partial charge is 0.265 e. The maximum Gasteiger partial charge on any atom is 0.265 e. The largest absolute Gasteiger partial charge is 0.352 e. The molecule has 0 unspecified atom stereocenters. The third-order valence-electron chi connectivity index (χ3n) is 8.06. The lowest BCUT2D eigenvalue weighted by molar-refractivity contribution is -0.141. The van der Waals surface area contributed by atoms with Crippen molar-refractivity contribution in [2.24, 2.45) is 0 Å². The Kier molecular flexibility index (Phi) is 9.83. The average molecular weight is 653 g/mol. The van der Waals surface area contributed by atoms with E-state index in [0.29, 0.717) is 33.1 Å². The van der Waals surface area contributed by atoms with Gasteiger partial charge in [-0.2, -0.15) is 0 Å². The predicted octanol–water partition coefficient (Wildman–Crippen LogP) is 6.99. The molecule has 1 N–H and O–H groups in total. The maximum atomic E-state index is 14.1. The van der Waals surface area contributed by atoms with Crippen LogP contribution in [0.25, 0.3) is 10.8 Å². The van der Waals surface area contributed by atoms with Crippen LogP contribution in [0.1, 0.15) is 44.2 Å². The first-order chi connectivity index (χ1) is 21.1. The molecule has 0 spiro atoms. The van der Waals surface area contributed by atoms with E-state index in [1.54, 1.807) is 41.3 Å². The highest BCUT2D eigenvalue weighted by atomic mass is 35.5. The van der Waals surface area contributed by atoms with Gasteiger partial charge in [0, 0.05) is 47.4 Å². The van der Waals surface area contributed by atoms with Crippen LogP contribution in [0.15, 0.2) is 89.8 Å². The Labute approximate surface area is 268 Å². The van der Waals surface area contributed by atoms with Gasteiger partial charge >= 0.3 is 0 Å². The van der Waals surface area contributed by atoms with Crippen LogP contribution in [-0.2, 0) is 32.6 Å². The van der Waals surface area contributed by atoms with E-state index in [2.05, 4.69) is 5.32 Å². The highest BCUT2D eigenvalue weighted by Crippen LogP contribution is 2.42. The summed E-state index contributed by atoms with van der Waals surface area (Å²) in [6.07, 6.45) is 1.34. The van der Waals surface area contributed by atoms with Gasteiger partial charge < -0.3 is 10.2 Å². The van der Waals surface area contributed by atoms with Gasteiger partial charge in [0.15, 0.2) is 0 Å². The average Bonchev–Trinajstić information content (AvgIpc) is 3.23. The molecular weight excluding hydrogens is 617 g/mol. The molecule has 2 amide bonds. The van der Waals surface area contributed by atoms with Crippen molar-refractivity contribution in [1.29, 1.82) is 0 Å². The molecule has 2 atom stereocenters. The Morgan fingerprint density at radius 2 is 1.68 bits per heavy atom. The first kappa shape index (κ1) is 31.8. The number of anilines is 1. The molecule has 10 heteroatoms. The van der Waals surface area contributed by atoms with Crippen molar-refractivity contribution in [3.05, 3.63) is 106 Å². The first-order valence-corrected chi connectivity index (χ1v) is 16.9. The summed E-state index contributed by atoms with van der Waals surface area (Å²) >= 11 is 12.7. The molecule has 0 radical (unpaired) electrons. The van der Waals surface area contributed by atoms with E-state index in [4.69, 9.17) is 23.2 Å². The van der Waals surface area contributed by atoms with E-state index in [-0.39, 0.29) is 48.7 Å². The zero-order chi connectivity index (χ0) is 31.4. The minimum absolute atomic E-state index is 0.0332. The van der Waals surface area contributed by atoms with E-state index in [9.17, 15) is 18.0 Å². The topological polar surface area (TPSA) is 86.8 Å². The second-order valence-electron chi connectivity index (χ2n) is 11.1. The van der Waals surface area contributed by atoms with Gasteiger partial charge in [0.25, 0.3) is 10.0 Å². The fraction of sp³-hybridized carbons (Fsp3) is 0.294. The number of nitrogens with one attached hydrogen (secondary N) is 1. The molecule has 44 heavy (non-hydrogen) atoms. The van der Waals surface area contributed by atoms with Crippen LogP contribution in [0.3, 0.4) is 0 Å². The highest BCUT2D eigenvalue weighted by Gasteiger charge is 2.36. The molecule has 7 nitrogen and oxygen atoms in total. The quantitative estimate of drug-likeness (QED) is 0.179. The van der Waals surface area contributed by atoms with Crippen LogP contribution in [-0.4, -0.2) is 43.8 Å². The SMILES string of the molecule is CC[C@H](C)NC(=O)[C@@H](Cc1ccccc1)N(Cc1ccc(Cl)cc1Cl)C(=O)CCCN1c2cccc3cccc(c23)S1(=O)=O. The van der Waals surface area contributed by atoms with Crippen molar-refractivity contribution < 1.29 is 18.0 Å². The molecule has 0 aromatic heterocycles. The van der Waals surface area contributed by atoms with Gasteiger partial charge in [-0.15, -0.1) is 0 Å². The lowest BCUT2D eigenvalue weighted by Gasteiger charge is -2.33. The summed E-state index contributed by atoms with van der Waals surface area (Å²) in [6.45, 7) is 4.13. The summed E-state index contributed by atoms with van der Waals surface area (Å²) in [5.74, 6) is -0.533. The lowest BCUT2D eigenvalue weighted by atomic mass is 10.0. The van der Waals surface area contributed by atoms with Gasteiger partial charge in [-0.25, -0.2) is 8.42 Å². The van der Waals surface area contributed by atoms with Crippen LogP contribution in [0.2, 0.25) is 10.0 Å². The second kappa shape index (κ2) is 13.6. The number of sulfonamides is 1. The van der Waals surface area contributed by atoms with Gasteiger partial charge in [-0.05, 0) is 60.5 Å². The monoisotopic (exact) mass is 651 g/mol. The predicted molar refractivity (Wildman–Crippen MR) is 177 cm³/mol. The Balaban J connectivity index is 1.42. The summed E-state index contributed by atoms with van der Waals surface area (Å²) in [7, 11) is -3.75. The third kappa shape index (κ3) is 6.72. The number of nitrogens with zero attached hydrogens (tertiary/aromatic N) is 2. The van der Waals surface area contributed by atoms with Crippen molar-refractivity contribution >= 4 is 61.5 Å². The molecule has 1 heterocycles. The van der Waals surface area contributed by atoms with Gasteiger partial charge in [-0.3, -0.25) is 13.9 Å². The van der Waals surface area contributed by atoms with Crippen molar-refractivity contribution in [2.45, 2.75) is 63.1 Å². The van der Waals surface area contributed by atoms with E-state index >= 15 is 0 Å². The van der Waals surface area contributed by atoms with E-state index in [1.165, 1.54) is 4.31 Å². The molecule has 0 saturated heterocycles. The summed E-state index contributed by atoms with van der Waals surface area (Å²) in [5, 5.41) is 5.46. The van der Waals surface area contributed by atoms with Crippen molar-refractivity contribution in [1.82, 2.24) is 10.2 Å². The summed E-state index contributed by atoms with van der Waals surface area (Å²) in [5.41, 5.74) is 2.18. The van der Waals surface area contributed by atoms with E-state index in [0.717, 1.165) is 17.4 Å². The molecule has 4 aromatic carbocycles. The van der Waals surface area contributed by atoms with Gasteiger partial charge in [0.1, 0.15) is 6.04 Å². The Bertz CT molecular complexity index is 1780. The number of benzene rings is 4. The van der Waals surface area contributed by atoms with E-state index < -0.39 is 16.1 Å². The fourth-order valence-corrected chi connectivity index (χ4v) is 7.76. The molecule has 1 aliphatic heterocycles. The second-order valence-corrected chi connectivity index (χ2v) is 13.8. The zero-order valence-corrected chi connectivity index (χ0v) is 27.0. The zero-order valence-electron chi connectivity index (χ0n) is 24.7. The molecule has 0 fully saturated rings. The standard InChI is InChI=1S/C34H35Cl2N3O4S/c1-3-23(2)37-34(41)30(20-24-10-5-4-6-11-24)38(22-26-17-18-27(35)21-28(26)36)32(40)16-9-19-39-29-14-7-12-25-13-8-15-31(33(25)29)44(39,42)43/h4-8,10-15,17-18,21,23,30H,3,9,16,19-20,22H2,1-2H3,(H,37,41)/t23-,30+/m0/s1. The number of rotatable bonds is 12. The molecular formula is C34H35Cl2N3O4S. The van der Waals surface area contributed by atoms with Crippen LogP contribution < -0.4 is 9.62 Å². The number of amides is 2.